The molecule has 0 radical (unpaired) electrons. The zero-order chi connectivity index (χ0) is 13.5. The van der Waals surface area contributed by atoms with Crippen molar-refractivity contribution in [2.75, 3.05) is 19.6 Å². The lowest BCUT2D eigenvalue weighted by Gasteiger charge is -2.23. The lowest BCUT2D eigenvalue weighted by atomic mass is 10.1. The van der Waals surface area contributed by atoms with E-state index in [1.807, 2.05) is 6.20 Å². The number of aryl methyl sites for hydroxylation is 2. The molecule has 1 aromatic heterocycles. The fourth-order valence-corrected chi connectivity index (χ4v) is 2.02. The van der Waals surface area contributed by atoms with Crippen LogP contribution in [0.3, 0.4) is 0 Å². The number of hydrogen-bond acceptors (Lipinski definition) is 3. The highest BCUT2D eigenvalue weighted by atomic mass is 15.1. The molecule has 102 valence electrons. The molecule has 0 amide bonds. The average Bonchev–Trinajstić information content (AvgIpc) is 2.37. The highest BCUT2D eigenvalue weighted by Gasteiger charge is 2.06. The quantitative estimate of drug-likeness (QED) is 0.805. The van der Waals surface area contributed by atoms with Gasteiger partial charge in [-0.25, -0.2) is 0 Å². The molecule has 1 rings (SSSR count). The first-order valence-electron chi connectivity index (χ1n) is 6.94. The Labute approximate surface area is 112 Å². The molecular formula is C15H27N3. The van der Waals surface area contributed by atoms with Gasteiger partial charge in [0.1, 0.15) is 0 Å². The lowest BCUT2D eigenvalue weighted by Crippen LogP contribution is -2.38. The van der Waals surface area contributed by atoms with Crippen molar-refractivity contribution in [2.45, 2.75) is 47.2 Å². The van der Waals surface area contributed by atoms with Crippen molar-refractivity contribution in [1.82, 2.24) is 15.2 Å². The summed E-state index contributed by atoms with van der Waals surface area (Å²) in [6.07, 6.45) is 1.97. The number of nitrogens with one attached hydrogen (secondary N) is 1. The first kappa shape index (κ1) is 15.1. The summed E-state index contributed by atoms with van der Waals surface area (Å²) in [6.45, 7) is 15.1. The summed E-state index contributed by atoms with van der Waals surface area (Å²) < 4.78 is 0. The predicted octanol–water partition coefficient (Wildman–Crippen LogP) is 2.52. The number of rotatable bonds is 7. The van der Waals surface area contributed by atoms with E-state index in [0.29, 0.717) is 6.04 Å². The van der Waals surface area contributed by atoms with E-state index in [4.69, 9.17) is 0 Å². The van der Waals surface area contributed by atoms with E-state index >= 15 is 0 Å². The Balaban J connectivity index is 2.42. The van der Waals surface area contributed by atoms with Crippen molar-refractivity contribution >= 4 is 0 Å². The van der Waals surface area contributed by atoms with Crippen LogP contribution in [0.4, 0.5) is 0 Å². The molecule has 0 aliphatic heterocycles. The molecule has 1 N–H and O–H groups in total. The van der Waals surface area contributed by atoms with Gasteiger partial charge in [-0.1, -0.05) is 19.9 Å². The normalized spacial score (nSPS) is 13.0. The Morgan fingerprint density at radius 1 is 1.28 bits per heavy atom. The summed E-state index contributed by atoms with van der Waals surface area (Å²) in [5.41, 5.74) is 3.66. The largest absolute Gasteiger partial charge is 0.309 e. The van der Waals surface area contributed by atoms with Crippen LogP contribution in [0.25, 0.3) is 0 Å². The predicted molar refractivity (Wildman–Crippen MR) is 77.8 cm³/mol. The number of hydrogen-bond donors (Lipinski definition) is 1. The Hall–Kier alpha value is -0.930. The minimum Gasteiger partial charge on any atom is -0.309 e. The molecule has 0 bridgehead atoms. The average molecular weight is 249 g/mol. The van der Waals surface area contributed by atoms with Crippen LogP contribution in [0.1, 0.15) is 37.6 Å². The Bertz CT molecular complexity index is 359. The Morgan fingerprint density at radius 3 is 2.50 bits per heavy atom. The van der Waals surface area contributed by atoms with E-state index in [0.717, 1.165) is 31.9 Å². The van der Waals surface area contributed by atoms with Gasteiger partial charge in [0, 0.05) is 31.0 Å². The van der Waals surface area contributed by atoms with Gasteiger partial charge in [-0.15, -0.1) is 0 Å². The standard InChI is InChI=1S/C15H27N3/c1-6-18(7-2)11-13(4)16-9-15-8-12(3)14(5)17-10-15/h8,10,13,16H,6-7,9,11H2,1-5H3. The van der Waals surface area contributed by atoms with Crippen LogP contribution >= 0.6 is 0 Å². The van der Waals surface area contributed by atoms with Crippen LogP contribution in [-0.2, 0) is 6.54 Å². The van der Waals surface area contributed by atoms with E-state index in [2.05, 4.69) is 55.9 Å². The van der Waals surface area contributed by atoms with Crippen molar-refractivity contribution in [3.8, 4) is 0 Å². The molecule has 0 saturated carbocycles. The molecule has 0 saturated heterocycles. The maximum absolute atomic E-state index is 4.40. The highest BCUT2D eigenvalue weighted by molar-refractivity contribution is 5.22. The third-order valence-electron chi connectivity index (χ3n) is 3.48. The van der Waals surface area contributed by atoms with Gasteiger partial charge in [-0.2, -0.15) is 0 Å². The number of pyridine rings is 1. The van der Waals surface area contributed by atoms with Crippen LogP contribution in [-0.4, -0.2) is 35.6 Å². The van der Waals surface area contributed by atoms with Crippen LogP contribution in [0.2, 0.25) is 0 Å². The van der Waals surface area contributed by atoms with Crippen molar-refractivity contribution in [3.63, 3.8) is 0 Å². The summed E-state index contributed by atoms with van der Waals surface area (Å²) in [5, 5.41) is 3.56. The van der Waals surface area contributed by atoms with Gasteiger partial charge in [0.15, 0.2) is 0 Å². The minimum atomic E-state index is 0.506. The third kappa shape index (κ3) is 4.75. The molecule has 0 aromatic carbocycles. The van der Waals surface area contributed by atoms with Gasteiger partial charge in [0.2, 0.25) is 0 Å². The van der Waals surface area contributed by atoms with E-state index < -0.39 is 0 Å². The summed E-state index contributed by atoms with van der Waals surface area (Å²) >= 11 is 0. The van der Waals surface area contributed by atoms with Crippen LogP contribution < -0.4 is 5.32 Å². The van der Waals surface area contributed by atoms with Crippen LogP contribution in [0.15, 0.2) is 12.3 Å². The summed E-state index contributed by atoms with van der Waals surface area (Å²) in [7, 11) is 0. The molecule has 0 aliphatic rings. The zero-order valence-electron chi connectivity index (χ0n) is 12.5. The first-order valence-corrected chi connectivity index (χ1v) is 6.94. The van der Waals surface area contributed by atoms with Gasteiger partial charge in [0.25, 0.3) is 0 Å². The molecule has 0 aliphatic carbocycles. The number of likely N-dealkylation sites (N-methyl/N-ethyl adjacent to an activating group) is 1. The fourth-order valence-electron chi connectivity index (χ4n) is 2.02. The number of nitrogens with zero attached hydrogens (tertiary/aromatic N) is 2. The molecular weight excluding hydrogens is 222 g/mol. The van der Waals surface area contributed by atoms with E-state index in [-0.39, 0.29) is 0 Å². The second-order valence-corrected chi connectivity index (χ2v) is 5.01. The van der Waals surface area contributed by atoms with Crippen molar-refractivity contribution < 1.29 is 0 Å². The molecule has 18 heavy (non-hydrogen) atoms. The van der Waals surface area contributed by atoms with Crippen LogP contribution in [0.5, 0.6) is 0 Å². The molecule has 1 aromatic rings. The first-order chi connectivity index (χ1) is 8.56. The van der Waals surface area contributed by atoms with Crippen molar-refractivity contribution in [1.29, 1.82) is 0 Å². The number of aromatic nitrogens is 1. The molecule has 0 fully saturated rings. The van der Waals surface area contributed by atoms with Crippen LogP contribution in [0, 0.1) is 13.8 Å². The highest BCUT2D eigenvalue weighted by Crippen LogP contribution is 2.06. The maximum atomic E-state index is 4.40. The van der Waals surface area contributed by atoms with Crippen molar-refractivity contribution in [2.24, 2.45) is 0 Å². The SMILES string of the molecule is CCN(CC)CC(C)NCc1cnc(C)c(C)c1. The fraction of sp³-hybridized carbons (Fsp3) is 0.667. The molecule has 1 unspecified atom stereocenters. The summed E-state index contributed by atoms with van der Waals surface area (Å²) in [4.78, 5) is 6.84. The van der Waals surface area contributed by atoms with Gasteiger partial charge >= 0.3 is 0 Å². The third-order valence-corrected chi connectivity index (χ3v) is 3.48. The summed E-state index contributed by atoms with van der Waals surface area (Å²) in [6, 6.07) is 2.73. The van der Waals surface area contributed by atoms with Gasteiger partial charge in [-0.05, 0) is 45.0 Å². The molecule has 3 nitrogen and oxygen atoms in total. The Kier molecular flexibility index (Phi) is 6.30. The van der Waals surface area contributed by atoms with Gasteiger partial charge in [0.05, 0.1) is 0 Å². The van der Waals surface area contributed by atoms with E-state index in [1.165, 1.54) is 11.1 Å². The monoisotopic (exact) mass is 249 g/mol. The van der Waals surface area contributed by atoms with Gasteiger partial charge < -0.3 is 10.2 Å². The Morgan fingerprint density at radius 2 is 1.94 bits per heavy atom. The zero-order valence-corrected chi connectivity index (χ0v) is 12.5. The molecule has 1 atom stereocenters. The maximum Gasteiger partial charge on any atom is 0.0402 e. The second kappa shape index (κ2) is 7.49. The smallest absolute Gasteiger partial charge is 0.0402 e. The molecule has 1 heterocycles. The molecule has 0 spiro atoms. The molecule has 3 heteroatoms. The van der Waals surface area contributed by atoms with E-state index in [1.54, 1.807) is 0 Å². The second-order valence-electron chi connectivity index (χ2n) is 5.01. The lowest BCUT2D eigenvalue weighted by molar-refractivity contribution is 0.270. The summed E-state index contributed by atoms with van der Waals surface area (Å²) in [5.74, 6) is 0. The topological polar surface area (TPSA) is 28.2 Å². The van der Waals surface area contributed by atoms with E-state index in [9.17, 15) is 0 Å². The van der Waals surface area contributed by atoms with Crippen molar-refractivity contribution in [3.05, 3.63) is 29.1 Å². The minimum absolute atomic E-state index is 0.506. The van der Waals surface area contributed by atoms with Gasteiger partial charge in [-0.3, -0.25) is 4.98 Å².